The van der Waals surface area contributed by atoms with E-state index in [0.717, 1.165) is 36.6 Å². The van der Waals surface area contributed by atoms with Gasteiger partial charge in [0.2, 0.25) is 0 Å². The van der Waals surface area contributed by atoms with Crippen molar-refractivity contribution in [1.29, 1.82) is 0 Å². The zero-order chi connectivity index (χ0) is 18.8. The second kappa shape index (κ2) is 7.14. The van der Waals surface area contributed by atoms with E-state index in [1.807, 2.05) is 30.3 Å². The highest BCUT2D eigenvalue weighted by molar-refractivity contribution is 5.91. The van der Waals surface area contributed by atoms with Crippen LogP contribution in [0.5, 0.6) is 0 Å². The number of benzene rings is 1. The number of amides is 1. The van der Waals surface area contributed by atoms with Crippen molar-refractivity contribution < 1.29 is 4.79 Å². The number of aryl methyl sites for hydroxylation is 1. The molecule has 0 bridgehead atoms. The number of hydrogen-bond donors (Lipinski definition) is 0. The molecule has 0 saturated carbocycles. The van der Waals surface area contributed by atoms with Gasteiger partial charge in [-0.15, -0.1) is 10.2 Å². The van der Waals surface area contributed by atoms with Gasteiger partial charge in [0.05, 0.1) is 13.1 Å². The molecule has 27 heavy (non-hydrogen) atoms. The lowest BCUT2D eigenvalue weighted by molar-refractivity contribution is 0.0771. The minimum absolute atomic E-state index is 0.231. The average molecular weight is 364 g/mol. The van der Waals surface area contributed by atoms with Gasteiger partial charge in [-0.25, -0.2) is 4.68 Å². The Morgan fingerprint density at radius 1 is 1.15 bits per heavy atom. The monoisotopic (exact) mass is 364 g/mol. The third kappa shape index (κ3) is 3.51. The SMILES string of the molecule is CN(Cc1nnc2n1CCC2)C(=O)c1ccc(=O)n(Cc2ccccc2)n1. The molecule has 0 unspecified atom stereocenters. The number of aromatic nitrogens is 5. The molecule has 1 aliphatic rings. The Kier molecular flexibility index (Phi) is 4.53. The summed E-state index contributed by atoms with van der Waals surface area (Å²) in [5.74, 6) is 1.49. The fraction of sp³-hybridized carbons (Fsp3) is 0.316. The molecule has 3 heterocycles. The first-order valence-corrected chi connectivity index (χ1v) is 8.90. The summed E-state index contributed by atoms with van der Waals surface area (Å²) < 4.78 is 3.37. The Bertz CT molecular complexity index is 1020. The Balaban J connectivity index is 1.52. The number of carbonyl (C=O) groups excluding carboxylic acids is 1. The predicted octanol–water partition coefficient (Wildman–Crippen LogP) is 1.10. The van der Waals surface area contributed by atoms with E-state index < -0.39 is 0 Å². The molecule has 8 heteroatoms. The summed E-state index contributed by atoms with van der Waals surface area (Å²) in [4.78, 5) is 26.4. The van der Waals surface area contributed by atoms with Gasteiger partial charge in [0.25, 0.3) is 11.5 Å². The Hall–Kier alpha value is -3.29. The third-order valence-electron chi connectivity index (χ3n) is 4.67. The standard InChI is InChI=1S/C19H20N6O2/c1-23(13-17-21-20-16-8-5-11-24(16)17)19(27)15-9-10-18(26)25(22-15)12-14-6-3-2-4-7-14/h2-4,6-7,9-10H,5,8,11-13H2,1H3. The van der Waals surface area contributed by atoms with Crippen molar-refractivity contribution in [3.63, 3.8) is 0 Å². The Morgan fingerprint density at radius 2 is 1.96 bits per heavy atom. The summed E-state index contributed by atoms with van der Waals surface area (Å²) in [5, 5.41) is 12.6. The Labute approximate surface area is 156 Å². The molecule has 0 N–H and O–H groups in total. The minimum Gasteiger partial charge on any atom is -0.333 e. The first-order valence-electron chi connectivity index (χ1n) is 8.90. The van der Waals surface area contributed by atoms with Crippen LogP contribution < -0.4 is 5.56 Å². The van der Waals surface area contributed by atoms with Crippen molar-refractivity contribution in [1.82, 2.24) is 29.4 Å². The molecule has 2 aromatic heterocycles. The smallest absolute Gasteiger partial charge is 0.274 e. The predicted molar refractivity (Wildman–Crippen MR) is 98.2 cm³/mol. The first-order chi connectivity index (χ1) is 13.1. The van der Waals surface area contributed by atoms with E-state index in [4.69, 9.17) is 0 Å². The molecule has 0 radical (unpaired) electrons. The number of carbonyl (C=O) groups is 1. The molecule has 0 aliphatic carbocycles. The third-order valence-corrected chi connectivity index (χ3v) is 4.67. The summed E-state index contributed by atoms with van der Waals surface area (Å²) >= 11 is 0. The summed E-state index contributed by atoms with van der Waals surface area (Å²) in [6, 6.07) is 12.4. The molecule has 138 valence electrons. The molecule has 0 saturated heterocycles. The molecule has 1 aromatic carbocycles. The van der Waals surface area contributed by atoms with Gasteiger partial charge in [0, 0.05) is 26.1 Å². The second-order valence-electron chi connectivity index (χ2n) is 6.65. The summed E-state index contributed by atoms with van der Waals surface area (Å²) in [6.45, 7) is 1.56. The highest BCUT2D eigenvalue weighted by Gasteiger charge is 2.21. The summed E-state index contributed by atoms with van der Waals surface area (Å²) in [6.07, 6.45) is 1.98. The molecular weight excluding hydrogens is 344 g/mol. The molecule has 0 fully saturated rings. The second-order valence-corrected chi connectivity index (χ2v) is 6.65. The van der Waals surface area contributed by atoms with Gasteiger partial charge in [-0.2, -0.15) is 5.10 Å². The number of nitrogens with zero attached hydrogens (tertiary/aromatic N) is 6. The number of rotatable bonds is 5. The van der Waals surface area contributed by atoms with Gasteiger partial charge in [-0.1, -0.05) is 30.3 Å². The molecule has 3 aromatic rings. The van der Waals surface area contributed by atoms with Gasteiger partial charge in [0.1, 0.15) is 11.5 Å². The van der Waals surface area contributed by atoms with E-state index >= 15 is 0 Å². The lowest BCUT2D eigenvalue weighted by Gasteiger charge is -2.17. The minimum atomic E-state index is -0.257. The van der Waals surface area contributed by atoms with Gasteiger partial charge >= 0.3 is 0 Å². The van der Waals surface area contributed by atoms with Crippen LogP contribution in [0.1, 0.15) is 34.1 Å². The van der Waals surface area contributed by atoms with Crippen LogP contribution in [0.2, 0.25) is 0 Å². The molecule has 0 spiro atoms. The number of hydrogen-bond acceptors (Lipinski definition) is 5. The van der Waals surface area contributed by atoms with E-state index in [2.05, 4.69) is 19.9 Å². The normalized spacial score (nSPS) is 12.8. The van der Waals surface area contributed by atoms with Crippen LogP contribution in [0, 0.1) is 0 Å². The summed E-state index contributed by atoms with van der Waals surface area (Å²) in [7, 11) is 1.70. The molecule has 0 atom stereocenters. The van der Waals surface area contributed by atoms with Gasteiger partial charge in [-0.05, 0) is 18.1 Å². The fourth-order valence-electron chi connectivity index (χ4n) is 3.24. The lowest BCUT2D eigenvalue weighted by atomic mass is 10.2. The van der Waals surface area contributed by atoms with Crippen molar-refractivity contribution >= 4 is 5.91 Å². The van der Waals surface area contributed by atoms with E-state index in [9.17, 15) is 9.59 Å². The van der Waals surface area contributed by atoms with Crippen LogP contribution in [0.3, 0.4) is 0 Å². The molecular formula is C19H20N6O2. The van der Waals surface area contributed by atoms with Crippen molar-refractivity contribution in [3.8, 4) is 0 Å². The van der Waals surface area contributed by atoms with E-state index in [1.54, 1.807) is 11.9 Å². The topological polar surface area (TPSA) is 85.9 Å². The summed E-state index contributed by atoms with van der Waals surface area (Å²) in [5.41, 5.74) is 0.937. The van der Waals surface area contributed by atoms with Crippen molar-refractivity contribution in [2.24, 2.45) is 0 Å². The van der Waals surface area contributed by atoms with Crippen LogP contribution in [-0.2, 0) is 26.1 Å². The van der Waals surface area contributed by atoms with Gasteiger partial charge in [-0.3, -0.25) is 9.59 Å². The maximum Gasteiger partial charge on any atom is 0.274 e. The molecule has 1 amide bonds. The Morgan fingerprint density at radius 3 is 2.78 bits per heavy atom. The maximum atomic E-state index is 12.8. The largest absolute Gasteiger partial charge is 0.333 e. The van der Waals surface area contributed by atoms with E-state index in [0.29, 0.717) is 13.1 Å². The first kappa shape index (κ1) is 17.1. The van der Waals surface area contributed by atoms with Crippen LogP contribution in [0.4, 0.5) is 0 Å². The highest BCUT2D eigenvalue weighted by atomic mass is 16.2. The molecule has 4 rings (SSSR count). The van der Waals surface area contributed by atoms with Crippen LogP contribution in [-0.4, -0.2) is 42.4 Å². The zero-order valence-electron chi connectivity index (χ0n) is 15.1. The highest BCUT2D eigenvalue weighted by Crippen LogP contribution is 2.15. The maximum absolute atomic E-state index is 12.8. The average Bonchev–Trinajstić information content (AvgIpc) is 3.29. The number of fused-ring (bicyclic) bond motifs is 1. The van der Waals surface area contributed by atoms with Crippen LogP contribution in [0.15, 0.2) is 47.3 Å². The van der Waals surface area contributed by atoms with Gasteiger partial charge < -0.3 is 9.47 Å². The molecule has 1 aliphatic heterocycles. The van der Waals surface area contributed by atoms with Crippen molar-refractivity contribution in [2.45, 2.75) is 32.5 Å². The van der Waals surface area contributed by atoms with E-state index in [1.165, 1.54) is 16.8 Å². The lowest BCUT2D eigenvalue weighted by Crippen LogP contribution is -2.31. The fourth-order valence-corrected chi connectivity index (χ4v) is 3.24. The van der Waals surface area contributed by atoms with Gasteiger partial charge in [0.15, 0.2) is 5.82 Å². The van der Waals surface area contributed by atoms with Crippen LogP contribution >= 0.6 is 0 Å². The zero-order valence-corrected chi connectivity index (χ0v) is 15.1. The van der Waals surface area contributed by atoms with Crippen molar-refractivity contribution in [2.75, 3.05) is 7.05 Å². The van der Waals surface area contributed by atoms with Crippen molar-refractivity contribution in [3.05, 3.63) is 75.7 Å². The molecule has 8 nitrogen and oxygen atoms in total. The quantitative estimate of drug-likeness (QED) is 0.677. The van der Waals surface area contributed by atoms with E-state index in [-0.39, 0.29) is 17.2 Å². The van der Waals surface area contributed by atoms with Crippen LogP contribution in [0.25, 0.3) is 0 Å².